The number of isocyanates is 2. The molecule has 5 atom stereocenters. The fourth-order valence-electron chi connectivity index (χ4n) is 11.4. The number of carbonyl (C=O) groups is 2. The average Bonchev–Trinajstić information content (AvgIpc) is 1.58. The van der Waals surface area contributed by atoms with Crippen LogP contribution in [-0.4, -0.2) is 106 Å². The maximum atomic E-state index is 11.9. The van der Waals surface area contributed by atoms with Gasteiger partial charge in [-0.25, -0.2) is 19.6 Å². The zero-order valence-electron chi connectivity index (χ0n) is 59.3. The van der Waals surface area contributed by atoms with Crippen LogP contribution in [0, 0.1) is 88.2 Å². The van der Waals surface area contributed by atoms with Gasteiger partial charge in [-0.2, -0.15) is 6.67 Å². The van der Waals surface area contributed by atoms with Crippen LogP contribution in [0.1, 0.15) is 128 Å². The van der Waals surface area contributed by atoms with Gasteiger partial charge in [0.25, 0.3) is 0 Å². The van der Waals surface area contributed by atoms with Gasteiger partial charge in [-0.3, -0.25) is 28.0 Å². The Labute approximate surface area is 648 Å². The summed E-state index contributed by atoms with van der Waals surface area (Å²) in [4.78, 5) is 65.6. The Hall–Kier alpha value is -3.70. The number of unbranched alkanes of at least 4 members (excludes halogenated alkanes) is 4. The van der Waals surface area contributed by atoms with Crippen LogP contribution < -0.4 is 9.80 Å². The number of halogens is 6. The Bertz CT molecular complexity index is 3060. The van der Waals surface area contributed by atoms with E-state index in [2.05, 4.69) is 155 Å². The minimum Gasteiger partial charge on any atom is -0.265 e. The number of amides is 2. The molecule has 14 nitrogen and oxygen atoms in total. The number of alkyl halides is 1. The van der Waals surface area contributed by atoms with E-state index in [1.165, 1.54) is 119 Å². The van der Waals surface area contributed by atoms with E-state index in [-0.39, 0.29) is 82.5 Å². The number of benzene rings is 4. The molecule has 3 aliphatic carbocycles. The minimum absolute atomic E-state index is 0. The quantitative estimate of drug-likeness (QED) is 0.00807. The molecule has 5 aliphatic rings. The third-order valence-electron chi connectivity index (χ3n) is 15.2. The van der Waals surface area contributed by atoms with E-state index in [0.717, 1.165) is 50.8 Å². The van der Waals surface area contributed by atoms with Gasteiger partial charge in [-0.15, -0.1) is 0 Å². The van der Waals surface area contributed by atoms with Gasteiger partial charge in [-0.1, -0.05) is 148 Å². The molecule has 2 saturated heterocycles. The van der Waals surface area contributed by atoms with E-state index in [4.69, 9.17) is 52.0 Å². The van der Waals surface area contributed by atoms with Crippen LogP contribution in [0.15, 0.2) is 168 Å². The van der Waals surface area contributed by atoms with Crippen molar-refractivity contribution in [3.63, 3.8) is 0 Å². The predicted octanol–water partition coefficient (Wildman–Crippen LogP) is 20.9. The Morgan fingerprint density at radius 2 is 1.07 bits per heavy atom. The van der Waals surface area contributed by atoms with Crippen LogP contribution in [0.4, 0.5) is 11.4 Å². The molecule has 542 valence electrons. The van der Waals surface area contributed by atoms with Crippen LogP contribution in [0.5, 0.6) is 0 Å². The van der Waals surface area contributed by atoms with E-state index in [1.54, 1.807) is 30.9 Å². The summed E-state index contributed by atoms with van der Waals surface area (Å²) in [6, 6.07) is 40.8. The summed E-state index contributed by atoms with van der Waals surface area (Å²) in [7, 11) is 21.1. The summed E-state index contributed by atoms with van der Waals surface area (Å²) in [6.45, 7) is 24.5. The molecule has 3 unspecified atom stereocenters. The van der Waals surface area contributed by atoms with Crippen LogP contribution in [0.3, 0.4) is 0 Å². The number of hydrogen-bond donors (Lipinski definition) is 3. The number of pyridine rings is 2. The minimum atomic E-state index is -1.61. The molecule has 2 amide bonds. The molecule has 0 spiro atoms. The predicted molar refractivity (Wildman–Crippen MR) is 432 cm³/mol. The number of aliphatic imine (C=N–C) groups is 2. The molecule has 0 radical (unpaired) electrons. The number of fused-ring (bicyclic) bond motifs is 5. The topological polar surface area (TPSA) is 196 Å². The molecule has 4 fully saturated rings. The van der Waals surface area contributed by atoms with Gasteiger partial charge < -0.3 is 22.3 Å². The first-order valence-corrected chi connectivity index (χ1v) is 50.4. The summed E-state index contributed by atoms with van der Waals surface area (Å²) in [5, 5.41) is 15.4. The van der Waals surface area contributed by atoms with Gasteiger partial charge >= 0.3 is 155 Å². The number of hydrogen-bond acceptors (Lipinski definition) is 13. The van der Waals surface area contributed by atoms with Crippen LogP contribution >= 0.6 is 86.5 Å². The molecule has 4 aromatic carbocycles. The van der Waals surface area contributed by atoms with Crippen molar-refractivity contribution in [2.45, 2.75) is 132 Å². The first-order chi connectivity index (χ1) is 47.3. The number of carbonyl (C=O) groups excluding carboxylic acids is 4. The van der Waals surface area contributed by atoms with Crippen LogP contribution in [-0.2, 0) is 56.1 Å². The second-order valence-electron chi connectivity index (χ2n) is 22.9. The van der Waals surface area contributed by atoms with Crippen molar-refractivity contribution in [2.75, 3.05) is 60.7 Å². The molecule has 2 saturated carbocycles. The van der Waals surface area contributed by atoms with Gasteiger partial charge in [0.15, 0.2) is 0 Å². The summed E-state index contributed by atoms with van der Waals surface area (Å²) < 4.78 is 8.24. The SMILES string of the molecule is C1CCCC1.CCCCCCN=C=O.CI=N.CP(I)B=N.Cc1cc(C)c(N2[CH-]N(c3c(C)cc(C)cc3C)CC2)c(C)c1.O=C1[C@@H]2C3C=CC(C3)[C@@H]2C(=O)N1CCO.O=C=NCCCCc1ccccc1.[CH3-].[Cl][Ru]([Cl])=[CH]c1ccccc1.[Cl][Ti][Cl].c1ccncc1.c1ccncc1. The van der Waals surface area contributed by atoms with Crippen molar-refractivity contribution >= 4 is 133 Å². The van der Waals surface area contributed by atoms with Gasteiger partial charge in [0, 0.05) is 49.3 Å². The zero-order valence-corrected chi connectivity index (χ0v) is 70.8. The number of aromatic nitrogens is 2. The molecule has 6 aromatic rings. The van der Waals surface area contributed by atoms with E-state index in [1.807, 2.05) is 101 Å². The van der Waals surface area contributed by atoms with Crippen molar-refractivity contribution in [3.8, 4) is 0 Å². The van der Waals surface area contributed by atoms with E-state index >= 15 is 0 Å². The van der Waals surface area contributed by atoms with Gasteiger partial charge in [-0.05, 0) is 164 Å². The maximum absolute atomic E-state index is 11.9. The van der Waals surface area contributed by atoms with Crippen molar-refractivity contribution in [3.05, 3.63) is 217 Å². The number of aliphatic hydroxyl groups is 1. The number of aryl methyl sites for hydroxylation is 7. The number of nitrogens with zero attached hydrogens (tertiary/aromatic N) is 7. The molecule has 11 rings (SSSR count). The standard InChI is InChI=1S/C21H27N2.C11H13NO3.C11H13NO.C7H13NO.C7H6.2C5H5N.C5H10.CH4BINP.CH4IN.CH3.4ClH.Ru.Ti/c1-14-9-16(3)20(17(4)10-14)22-7-8-23(13-22)21-18(5)11-15(2)12-19(21)6;13-4-3-12-10(14)8-6-1-2-7(5-6)9(8)11(12)15;13-10-12-9-5-4-8-11-6-2-1-3-7-11;1-2-3-4-5-6-8-7-9;1-7-5-3-2-4-6-7;2*1-2-4-6-5-3-1;1-2-4-5-3-1;1-5(3)2-4;1-2-3;;;;;;;/h9-13H,7-8H2,1-6H3;1-2,6-9,13H,3-5H2;1-3,6-7H,4-5,8-9H2;2-6H2,1H3;1-6H;2*1-5H;1-5H2;4H,1H3;3H,1H3;1H3;4*1H;;/q-1;;;;;;;;;;-1;;;;;2*+2/p-4/t;6?,7?,8-,9+;;;;;;;;;;;;;;;. The third kappa shape index (κ3) is 42.6. The molecular formula is C75H103BCl4I2N9O5PRuTi-2. The van der Waals surface area contributed by atoms with Gasteiger partial charge in [0.1, 0.15) is 0 Å². The number of imide groups is 1. The number of likely N-dealkylation sites (tertiary alicyclic amines) is 1. The van der Waals surface area contributed by atoms with Crippen LogP contribution in [0.2, 0.25) is 0 Å². The number of allylic oxidation sites excluding steroid dienone is 2. The third-order valence-corrected chi connectivity index (χ3v) is 18.3. The molecule has 2 aromatic heterocycles. The first kappa shape index (κ1) is 95.3. The Kier molecular flexibility index (Phi) is 59.4. The Morgan fingerprint density at radius 1 is 0.697 bits per heavy atom. The largest absolute Gasteiger partial charge is 0.265 e. The number of aliphatic hydroxyl groups excluding tert-OH is 1. The van der Waals surface area contributed by atoms with Crippen LogP contribution in [0.25, 0.3) is 0 Å². The zero-order chi connectivity index (χ0) is 72.7. The normalized spacial score (nSPS) is 16.0. The maximum Gasteiger partial charge on any atom is 0.0267 e. The summed E-state index contributed by atoms with van der Waals surface area (Å²) in [5.41, 5.74) is 13.2. The average molecular weight is 1800 g/mol. The van der Waals surface area contributed by atoms with Crippen molar-refractivity contribution in [1.82, 2.24) is 14.9 Å². The van der Waals surface area contributed by atoms with E-state index in [9.17, 15) is 19.2 Å². The molecule has 2 aliphatic heterocycles. The van der Waals surface area contributed by atoms with Crippen molar-refractivity contribution < 1.29 is 54.8 Å². The fourth-order valence-corrected chi connectivity index (χ4v) is 13.2. The van der Waals surface area contributed by atoms with Crippen molar-refractivity contribution in [1.29, 1.82) is 8.87 Å². The van der Waals surface area contributed by atoms with Crippen molar-refractivity contribution in [2.24, 2.45) is 33.7 Å². The summed E-state index contributed by atoms with van der Waals surface area (Å²) >= 11 is -0.102. The molecule has 3 N–H and O–H groups in total. The number of anilines is 2. The Balaban J connectivity index is 0.00000113. The monoisotopic (exact) mass is 1800 g/mol. The number of rotatable bonds is 16. The fraction of sp³-hybridized carbons (Fsp3) is 0.427. The molecule has 2 bridgehead atoms. The molecule has 4 heterocycles. The molecular weight excluding hydrogens is 1690 g/mol. The second kappa shape index (κ2) is 61.7. The van der Waals surface area contributed by atoms with E-state index < -0.39 is 30.5 Å². The van der Waals surface area contributed by atoms with Gasteiger partial charge in [0.2, 0.25) is 24.0 Å². The number of β-amino-alcohol motifs (C(OH)–C–C–N with tert-alkyl or cyclic N) is 1. The Morgan fingerprint density at radius 3 is 1.39 bits per heavy atom. The summed E-state index contributed by atoms with van der Waals surface area (Å²) in [6.07, 6.45) is 30.4. The second-order valence-corrected chi connectivity index (χ2v) is 38.2. The summed E-state index contributed by atoms with van der Waals surface area (Å²) in [5.74, 6) is 0.130. The first-order valence-electron chi connectivity index (χ1n) is 32.7. The van der Waals surface area contributed by atoms with Gasteiger partial charge in [0.05, 0.1) is 38.1 Å². The molecule has 24 heteroatoms. The smallest absolute Gasteiger partial charge is 0.0267 e. The van der Waals surface area contributed by atoms with E-state index in [0.29, 0.717) is 13.1 Å². The molecule has 99 heavy (non-hydrogen) atoms. The number of nitrogens with one attached hydrogen (secondary N) is 2.